The molecule has 22 heavy (non-hydrogen) atoms. The SMILES string of the molecule is Cc1ccc(-n2ncc(C(N)=O)c2C(F)(F)F)n2ccnc12. The highest BCUT2D eigenvalue weighted by molar-refractivity contribution is 5.94. The Morgan fingerprint density at radius 1 is 1.32 bits per heavy atom. The van der Waals surface area contributed by atoms with Crippen LogP contribution in [0.15, 0.2) is 30.7 Å². The number of aromatic nitrogens is 4. The van der Waals surface area contributed by atoms with Crippen LogP contribution in [0.2, 0.25) is 0 Å². The molecule has 1 amide bonds. The van der Waals surface area contributed by atoms with E-state index in [2.05, 4.69) is 10.1 Å². The number of aryl methyl sites for hydroxylation is 1. The van der Waals surface area contributed by atoms with Gasteiger partial charge in [0.15, 0.2) is 5.69 Å². The Hall–Kier alpha value is -2.84. The third-order valence-corrected chi connectivity index (χ3v) is 3.24. The fourth-order valence-corrected chi connectivity index (χ4v) is 2.28. The molecule has 0 aliphatic rings. The predicted molar refractivity (Wildman–Crippen MR) is 70.6 cm³/mol. The van der Waals surface area contributed by atoms with E-state index in [4.69, 9.17) is 5.73 Å². The van der Waals surface area contributed by atoms with Crippen LogP contribution in [-0.4, -0.2) is 25.1 Å². The van der Waals surface area contributed by atoms with Gasteiger partial charge in [0.2, 0.25) is 0 Å². The Balaban J connectivity index is 2.35. The van der Waals surface area contributed by atoms with Crippen molar-refractivity contribution in [1.29, 1.82) is 0 Å². The summed E-state index contributed by atoms with van der Waals surface area (Å²) in [6, 6.07) is 3.10. The van der Waals surface area contributed by atoms with Gasteiger partial charge in [0.25, 0.3) is 5.91 Å². The number of nitrogens with two attached hydrogens (primary N) is 1. The molecule has 3 aromatic heterocycles. The molecule has 0 atom stereocenters. The zero-order chi connectivity index (χ0) is 16.1. The molecule has 3 aromatic rings. The Kier molecular flexibility index (Phi) is 2.94. The smallest absolute Gasteiger partial charge is 0.365 e. The number of hydrogen-bond donors (Lipinski definition) is 1. The monoisotopic (exact) mass is 309 g/mol. The number of carbonyl (C=O) groups excluding carboxylic acids is 1. The third-order valence-electron chi connectivity index (χ3n) is 3.24. The van der Waals surface area contributed by atoms with E-state index in [9.17, 15) is 18.0 Å². The van der Waals surface area contributed by atoms with Gasteiger partial charge in [-0.2, -0.15) is 18.3 Å². The van der Waals surface area contributed by atoms with Crippen molar-refractivity contribution >= 4 is 11.6 Å². The van der Waals surface area contributed by atoms with Crippen LogP contribution in [0.1, 0.15) is 21.6 Å². The van der Waals surface area contributed by atoms with E-state index in [1.54, 1.807) is 13.0 Å². The van der Waals surface area contributed by atoms with Gasteiger partial charge in [-0.25, -0.2) is 9.67 Å². The zero-order valence-electron chi connectivity index (χ0n) is 11.3. The summed E-state index contributed by atoms with van der Waals surface area (Å²) in [5.41, 5.74) is 4.42. The topological polar surface area (TPSA) is 78.2 Å². The van der Waals surface area contributed by atoms with Gasteiger partial charge in [0.05, 0.1) is 11.8 Å². The fraction of sp³-hybridized carbons (Fsp3) is 0.154. The van der Waals surface area contributed by atoms with Crippen molar-refractivity contribution in [2.45, 2.75) is 13.1 Å². The van der Waals surface area contributed by atoms with Crippen LogP contribution in [0.25, 0.3) is 11.5 Å². The van der Waals surface area contributed by atoms with Gasteiger partial charge in [0, 0.05) is 12.4 Å². The first-order valence-electron chi connectivity index (χ1n) is 6.19. The molecule has 0 fully saturated rings. The first-order chi connectivity index (χ1) is 10.3. The highest BCUT2D eigenvalue weighted by atomic mass is 19.4. The lowest BCUT2D eigenvalue weighted by Crippen LogP contribution is -2.21. The molecule has 0 aliphatic heterocycles. The largest absolute Gasteiger partial charge is 0.434 e. The van der Waals surface area contributed by atoms with Crippen LogP contribution in [0, 0.1) is 6.92 Å². The Morgan fingerprint density at radius 3 is 2.68 bits per heavy atom. The number of rotatable bonds is 2. The lowest BCUT2D eigenvalue weighted by Gasteiger charge is -2.13. The van der Waals surface area contributed by atoms with Crippen molar-refractivity contribution in [2.24, 2.45) is 5.73 Å². The van der Waals surface area contributed by atoms with E-state index < -0.39 is 23.3 Å². The van der Waals surface area contributed by atoms with E-state index in [0.717, 1.165) is 11.8 Å². The van der Waals surface area contributed by atoms with Gasteiger partial charge in [0.1, 0.15) is 11.5 Å². The molecule has 114 valence electrons. The molecule has 2 N–H and O–H groups in total. The summed E-state index contributed by atoms with van der Waals surface area (Å²) in [6.45, 7) is 1.79. The van der Waals surface area contributed by atoms with Crippen LogP contribution in [0.3, 0.4) is 0 Å². The average molecular weight is 309 g/mol. The summed E-state index contributed by atoms with van der Waals surface area (Å²) < 4.78 is 42.0. The second kappa shape index (κ2) is 4.58. The quantitative estimate of drug-likeness (QED) is 0.786. The van der Waals surface area contributed by atoms with Crippen molar-refractivity contribution in [2.75, 3.05) is 0 Å². The number of pyridine rings is 1. The number of carbonyl (C=O) groups is 1. The molecule has 6 nitrogen and oxygen atoms in total. The van der Waals surface area contributed by atoms with Crippen molar-refractivity contribution in [3.05, 3.63) is 47.5 Å². The van der Waals surface area contributed by atoms with Crippen molar-refractivity contribution in [3.8, 4) is 5.82 Å². The number of imidazole rings is 1. The minimum Gasteiger partial charge on any atom is -0.365 e. The predicted octanol–water partition coefficient (Wildman–Crippen LogP) is 1.95. The molecule has 3 rings (SSSR count). The first kappa shape index (κ1) is 14.1. The fourth-order valence-electron chi connectivity index (χ4n) is 2.28. The van der Waals surface area contributed by atoms with Crippen LogP contribution in [0.4, 0.5) is 13.2 Å². The highest BCUT2D eigenvalue weighted by Crippen LogP contribution is 2.33. The van der Waals surface area contributed by atoms with Crippen LogP contribution in [-0.2, 0) is 6.18 Å². The Morgan fingerprint density at radius 2 is 2.05 bits per heavy atom. The molecule has 0 aliphatic carbocycles. The third kappa shape index (κ3) is 2.01. The molecule has 0 radical (unpaired) electrons. The van der Waals surface area contributed by atoms with Crippen LogP contribution in [0.5, 0.6) is 0 Å². The lowest BCUT2D eigenvalue weighted by atomic mass is 10.2. The van der Waals surface area contributed by atoms with E-state index in [0.29, 0.717) is 10.3 Å². The average Bonchev–Trinajstić information content (AvgIpc) is 3.05. The number of primary amides is 1. The lowest BCUT2D eigenvalue weighted by molar-refractivity contribution is -0.143. The van der Waals surface area contributed by atoms with Gasteiger partial charge < -0.3 is 5.73 Å². The van der Waals surface area contributed by atoms with Crippen molar-refractivity contribution in [1.82, 2.24) is 19.2 Å². The molecular formula is C13H10F3N5O. The Labute approximate surface area is 122 Å². The van der Waals surface area contributed by atoms with Gasteiger partial charge in [-0.05, 0) is 18.6 Å². The number of alkyl halides is 3. The van der Waals surface area contributed by atoms with Gasteiger partial charge in [-0.1, -0.05) is 6.07 Å². The minimum atomic E-state index is -4.78. The molecule has 0 saturated heterocycles. The maximum atomic E-state index is 13.3. The molecule has 0 aromatic carbocycles. The van der Waals surface area contributed by atoms with E-state index in [1.807, 2.05) is 0 Å². The van der Waals surface area contributed by atoms with E-state index >= 15 is 0 Å². The maximum Gasteiger partial charge on any atom is 0.434 e. The van der Waals surface area contributed by atoms with E-state index in [-0.39, 0.29) is 5.82 Å². The molecule has 3 heterocycles. The maximum absolute atomic E-state index is 13.3. The van der Waals surface area contributed by atoms with Gasteiger partial charge >= 0.3 is 6.18 Å². The zero-order valence-corrected chi connectivity index (χ0v) is 11.3. The van der Waals surface area contributed by atoms with Crippen molar-refractivity contribution in [3.63, 3.8) is 0 Å². The number of amides is 1. The molecular weight excluding hydrogens is 299 g/mol. The molecule has 0 saturated carbocycles. The van der Waals surface area contributed by atoms with Gasteiger partial charge in [-0.15, -0.1) is 0 Å². The number of fused-ring (bicyclic) bond motifs is 1. The van der Waals surface area contributed by atoms with Crippen LogP contribution < -0.4 is 5.73 Å². The van der Waals surface area contributed by atoms with Crippen molar-refractivity contribution < 1.29 is 18.0 Å². The number of halogens is 3. The first-order valence-corrected chi connectivity index (χ1v) is 6.19. The second-order valence-electron chi connectivity index (χ2n) is 4.68. The normalized spacial score (nSPS) is 12.0. The molecule has 0 bridgehead atoms. The number of hydrogen-bond acceptors (Lipinski definition) is 3. The van der Waals surface area contributed by atoms with E-state index in [1.165, 1.54) is 22.9 Å². The van der Waals surface area contributed by atoms with Gasteiger partial charge in [-0.3, -0.25) is 9.20 Å². The summed E-state index contributed by atoms with van der Waals surface area (Å²) in [7, 11) is 0. The summed E-state index contributed by atoms with van der Waals surface area (Å²) in [4.78, 5) is 15.3. The summed E-state index contributed by atoms with van der Waals surface area (Å²) in [6.07, 6.45) is -0.979. The molecule has 9 heteroatoms. The number of nitrogens with zero attached hydrogens (tertiary/aromatic N) is 4. The summed E-state index contributed by atoms with van der Waals surface area (Å²) in [5.74, 6) is -1.08. The Bertz CT molecular complexity index is 878. The standard InChI is InChI=1S/C13H10F3N5O/c1-7-2-3-9(20-5-4-18-12(7)20)21-10(13(14,15)16)8(6-19-21)11(17)22/h2-6H,1H3,(H2,17,22). The minimum absolute atomic E-state index is 0.109. The second-order valence-corrected chi connectivity index (χ2v) is 4.68. The highest BCUT2D eigenvalue weighted by Gasteiger charge is 2.40. The summed E-state index contributed by atoms with van der Waals surface area (Å²) >= 11 is 0. The molecule has 0 spiro atoms. The molecule has 0 unspecified atom stereocenters. The summed E-state index contributed by atoms with van der Waals surface area (Å²) in [5, 5.41) is 3.68. The van der Waals surface area contributed by atoms with Crippen LogP contribution >= 0.6 is 0 Å².